The molecule has 6 saturated carbocycles. The van der Waals surface area contributed by atoms with Crippen molar-refractivity contribution in [3.05, 3.63) is 0 Å². The van der Waals surface area contributed by atoms with Crippen LogP contribution >= 0.6 is 35.2 Å². The van der Waals surface area contributed by atoms with Gasteiger partial charge < -0.3 is 0 Å². The summed E-state index contributed by atoms with van der Waals surface area (Å²) < 4.78 is 1.77. The average Bonchev–Trinajstić information content (AvgIpc) is 3.11. The minimum atomic E-state index is -1.56. The fraction of sp³-hybridized carbons (Fsp3) is 0.974. The molecule has 0 saturated heterocycles. The molecular weight excluding hydrogens is 718 g/mol. The van der Waals surface area contributed by atoms with Crippen molar-refractivity contribution >= 4 is 39.8 Å². The van der Waals surface area contributed by atoms with Gasteiger partial charge in [0.15, 0.2) is 0 Å². The summed E-state index contributed by atoms with van der Waals surface area (Å²) in [6.45, 7) is 0.157. The van der Waals surface area contributed by atoms with Crippen LogP contribution in [0.4, 0.5) is 0 Å². The summed E-state index contributed by atoms with van der Waals surface area (Å²) in [7, 11) is 10.7. The third-order valence-corrected chi connectivity index (χ3v) is 24.2. The molecule has 0 spiro atoms. The molecule has 45 heavy (non-hydrogen) atoms. The Morgan fingerprint density at radius 2 is 0.600 bits per heavy atom. The standard InChI is InChI=1S/2C18H33P.C3H6O.2ClH.Ru/c2*1-4-10-16(11-5-1)19(17-12-6-2-7-13-17)18-14-8-3-9-15-18;1-2-3-4;;;/h2*16-18H,1-15H2;1,4H,2-3H2;2*1H;/q;;;;;+2. The summed E-state index contributed by atoms with van der Waals surface area (Å²) in [5.41, 5.74) is 7.36. The normalized spacial score (nSPS) is 26.1. The maximum atomic E-state index is 8.19. The zero-order chi connectivity index (χ0) is 31.5. The Kier molecular flexibility index (Phi) is 21.3. The van der Waals surface area contributed by atoms with E-state index in [1.165, 1.54) is 34.0 Å². The van der Waals surface area contributed by atoms with Crippen LogP contribution in [-0.2, 0) is 13.5 Å². The molecule has 1 nitrogen and oxygen atoms in total. The minimum absolute atomic E-state index is 0.0465. The van der Waals surface area contributed by atoms with Crippen molar-refractivity contribution in [1.82, 2.24) is 0 Å². The molecule has 1 N–H and O–H groups in total. The molecule has 0 radical (unpaired) electrons. The van der Waals surface area contributed by atoms with E-state index in [4.69, 9.17) is 24.5 Å². The van der Waals surface area contributed by atoms with Crippen molar-refractivity contribution in [3.63, 3.8) is 0 Å². The molecule has 0 bridgehead atoms. The van der Waals surface area contributed by atoms with Crippen molar-refractivity contribution < 1.29 is 18.6 Å². The van der Waals surface area contributed by atoms with Gasteiger partial charge in [0.05, 0.1) is 34.0 Å². The van der Waals surface area contributed by atoms with Crippen LogP contribution in [0.2, 0.25) is 0 Å². The predicted octanol–water partition coefficient (Wildman–Crippen LogP) is 13.5. The first-order valence-corrected chi connectivity index (χ1v) is 29.3. The zero-order valence-electron chi connectivity index (χ0n) is 29.2. The van der Waals surface area contributed by atoms with Crippen molar-refractivity contribution in [2.75, 3.05) is 6.61 Å². The molecule has 266 valence electrons. The molecule has 0 amide bonds. The second-order valence-corrected chi connectivity index (χ2v) is 28.7. The molecule has 6 heteroatoms. The van der Waals surface area contributed by atoms with Crippen molar-refractivity contribution in [1.29, 1.82) is 0 Å². The van der Waals surface area contributed by atoms with E-state index in [1.54, 1.807) is 197 Å². The zero-order valence-corrected chi connectivity index (χ0v) is 34.5. The van der Waals surface area contributed by atoms with Gasteiger partial charge in [-0.25, -0.2) is 0 Å². The summed E-state index contributed by atoms with van der Waals surface area (Å²) in [5.74, 6) is 0. The van der Waals surface area contributed by atoms with Crippen LogP contribution < -0.4 is 0 Å². The van der Waals surface area contributed by atoms with E-state index in [0.29, 0.717) is 6.42 Å². The average molecular weight is 793 g/mol. The number of halogens is 2. The Hall–Kier alpha value is 1.89. The fourth-order valence-electron chi connectivity index (χ4n) is 10.7. The van der Waals surface area contributed by atoms with E-state index >= 15 is 0 Å². The molecule has 0 unspecified atom stereocenters. The van der Waals surface area contributed by atoms with Gasteiger partial charge in [0, 0.05) is 15.8 Å². The molecule has 0 atom stereocenters. The van der Waals surface area contributed by atoms with E-state index in [2.05, 4.69) is 0 Å². The van der Waals surface area contributed by atoms with Gasteiger partial charge in [-0.1, -0.05) is 38.5 Å². The molecule has 6 fully saturated rings. The summed E-state index contributed by atoms with van der Waals surface area (Å²) in [6, 6.07) is 0. The van der Waals surface area contributed by atoms with Gasteiger partial charge in [0.1, 0.15) is 0 Å². The third kappa shape index (κ3) is 14.6. The first-order valence-electron chi connectivity index (χ1n) is 20.3. The Morgan fingerprint density at radius 1 is 0.400 bits per heavy atom. The van der Waals surface area contributed by atoms with E-state index in [9.17, 15) is 0 Å². The van der Waals surface area contributed by atoms with Crippen LogP contribution in [0, 0.1) is 0 Å². The Morgan fingerprint density at radius 3 is 0.733 bits per heavy atom. The summed E-state index contributed by atoms with van der Waals surface area (Å²) in [5, 5.41) is 8.19. The van der Waals surface area contributed by atoms with E-state index in [-0.39, 0.29) is 22.5 Å². The van der Waals surface area contributed by atoms with E-state index in [0.717, 1.165) is 0 Å². The van der Waals surface area contributed by atoms with Crippen LogP contribution in [0.15, 0.2) is 0 Å². The number of hydrogen-bond acceptors (Lipinski definition) is 1. The van der Waals surface area contributed by atoms with Gasteiger partial charge in [-0.05, 0) is 154 Å². The summed E-state index contributed by atoms with van der Waals surface area (Å²) >= 11 is -1.56. The van der Waals surface area contributed by atoms with Crippen LogP contribution in [0.1, 0.15) is 199 Å². The first kappa shape index (κ1) is 39.7. The summed E-state index contributed by atoms with van der Waals surface area (Å²) in [6.07, 6.45) is 48.2. The monoisotopic (exact) mass is 792 g/mol. The molecule has 0 aromatic heterocycles. The Labute approximate surface area is 296 Å². The number of rotatable bonds is 8. The molecular formula is C39H74Cl2OP2Ru+2. The Balaban J connectivity index is 0.000000170. The second-order valence-electron chi connectivity index (χ2n) is 15.9. The number of aliphatic hydroxyl groups excluding tert-OH is 1. The van der Waals surface area contributed by atoms with Crippen LogP contribution in [-0.4, -0.2) is 50.3 Å². The van der Waals surface area contributed by atoms with Gasteiger partial charge >= 0.3 is 55.6 Å². The van der Waals surface area contributed by atoms with E-state index in [1.807, 2.05) is 0 Å². The topological polar surface area (TPSA) is 20.2 Å². The predicted molar refractivity (Wildman–Crippen MR) is 207 cm³/mol. The first-order chi connectivity index (χ1) is 22.2. The fourth-order valence-corrected chi connectivity index (χ4v) is 22.7. The number of aliphatic hydroxyl groups is 1. The van der Waals surface area contributed by atoms with Crippen LogP contribution in [0.5, 0.6) is 0 Å². The molecule has 0 aliphatic heterocycles. The van der Waals surface area contributed by atoms with Crippen LogP contribution in [0.25, 0.3) is 0 Å². The van der Waals surface area contributed by atoms with Crippen molar-refractivity contribution in [3.8, 4) is 0 Å². The van der Waals surface area contributed by atoms with Gasteiger partial charge in [-0.15, -0.1) is 0 Å². The third-order valence-electron chi connectivity index (χ3n) is 12.8. The van der Waals surface area contributed by atoms with Gasteiger partial charge in [-0.3, -0.25) is 0 Å². The van der Waals surface area contributed by atoms with Gasteiger partial charge in [0.25, 0.3) is 0 Å². The molecule has 6 aliphatic carbocycles. The van der Waals surface area contributed by atoms with Gasteiger partial charge in [-0.2, -0.15) is 0 Å². The number of hydrogen-bond donors (Lipinski definition) is 1. The quantitative estimate of drug-likeness (QED) is 0.192. The molecule has 0 aromatic carbocycles. The van der Waals surface area contributed by atoms with E-state index < -0.39 is 13.5 Å². The second kappa shape index (κ2) is 24.1. The van der Waals surface area contributed by atoms with Gasteiger partial charge in [0.2, 0.25) is 0 Å². The van der Waals surface area contributed by atoms with Crippen LogP contribution in [0.3, 0.4) is 0 Å². The molecule has 6 rings (SSSR count). The molecule has 0 heterocycles. The Bertz CT molecular complexity index is 619. The SMILES string of the molecule is C1CCC([PH+](C2CCCCC2)C2CCCCC2)CC1.C1CCC([PH+](C2CCCCC2)C2CCCCC2)CC1.OCC[CH]=[Ru]([Cl])[Cl]. The van der Waals surface area contributed by atoms with Crippen molar-refractivity contribution in [2.24, 2.45) is 0 Å². The molecule has 6 aliphatic rings. The molecule has 0 aromatic rings. The summed E-state index contributed by atoms with van der Waals surface area (Å²) in [4.78, 5) is 0. The maximum absolute atomic E-state index is 8.19. The van der Waals surface area contributed by atoms with Crippen molar-refractivity contribution in [2.45, 2.75) is 233 Å².